The average molecular weight is 382 g/mol. The largest absolute Gasteiger partial charge is 0.459 e. The number of hydrogen-bond acceptors (Lipinski definition) is 5. The Hall–Kier alpha value is -2.44. The van der Waals surface area contributed by atoms with Gasteiger partial charge in [-0.3, -0.25) is 4.79 Å². The fourth-order valence-corrected chi connectivity index (χ4v) is 3.96. The second-order valence-electron chi connectivity index (χ2n) is 6.74. The zero-order valence-electron chi connectivity index (χ0n) is 15.3. The van der Waals surface area contributed by atoms with Crippen LogP contribution in [0.2, 0.25) is 0 Å². The molecule has 140 valence electrons. The number of aryl methyl sites for hydroxylation is 1. The highest BCUT2D eigenvalue weighted by molar-refractivity contribution is 7.13. The molecule has 0 unspecified atom stereocenters. The van der Waals surface area contributed by atoms with Crippen LogP contribution in [0.4, 0.5) is 0 Å². The number of rotatable bonds is 5. The van der Waals surface area contributed by atoms with Crippen molar-refractivity contribution in [2.24, 2.45) is 0 Å². The number of likely N-dealkylation sites (tertiary alicyclic amines) is 1. The van der Waals surface area contributed by atoms with Crippen LogP contribution in [-0.2, 0) is 11.3 Å². The fraction of sp³-hybridized carbons (Fsp3) is 0.333. The number of carbonyl (C=O) groups excluding carboxylic acids is 1. The lowest BCUT2D eigenvalue weighted by Gasteiger charge is -2.31. The summed E-state index contributed by atoms with van der Waals surface area (Å²) in [4.78, 5) is 19.1. The third kappa shape index (κ3) is 4.28. The maximum atomic E-state index is 12.7. The normalized spacial score (nSPS) is 15.2. The van der Waals surface area contributed by atoms with Crippen LogP contribution < -0.4 is 0 Å². The van der Waals surface area contributed by atoms with Gasteiger partial charge in [-0.05, 0) is 37.5 Å². The smallest absolute Gasteiger partial charge is 0.273 e. The lowest BCUT2D eigenvalue weighted by Crippen LogP contribution is -2.41. The summed E-state index contributed by atoms with van der Waals surface area (Å²) < 4.78 is 11.6. The molecule has 0 spiro atoms. The van der Waals surface area contributed by atoms with Crippen LogP contribution in [-0.4, -0.2) is 35.0 Å². The van der Waals surface area contributed by atoms with Crippen LogP contribution >= 0.6 is 11.3 Å². The number of ether oxygens (including phenoxy) is 1. The molecule has 5 nitrogen and oxygen atoms in total. The van der Waals surface area contributed by atoms with E-state index in [4.69, 9.17) is 9.15 Å². The molecule has 6 heteroatoms. The Labute approximate surface area is 162 Å². The first-order valence-electron chi connectivity index (χ1n) is 9.16. The number of carbonyl (C=O) groups is 1. The second kappa shape index (κ2) is 8.06. The minimum Gasteiger partial charge on any atom is -0.459 e. The van der Waals surface area contributed by atoms with E-state index in [-0.39, 0.29) is 12.0 Å². The summed E-state index contributed by atoms with van der Waals surface area (Å²) in [7, 11) is 0. The predicted molar refractivity (Wildman–Crippen MR) is 105 cm³/mol. The molecule has 1 aliphatic rings. The lowest BCUT2D eigenvalue weighted by molar-refractivity contribution is -0.000489. The van der Waals surface area contributed by atoms with E-state index in [1.54, 1.807) is 0 Å². The summed E-state index contributed by atoms with van der Waals surface area (Å²) >= 11 is 1.44. The molecule has 1 fully saturated rings. The van der Waals surface area contributed by atoms with Crippen molar-refractivity contribution >= 4 is 17.2 Å². The molecule has 0 bridgehead atoms. The van der Waals surface area contributed by atoms with E-state index < -0.39 is 0 Å². The van der Waals surface area contributed by atoms with E-state index in [2.05, 4.69) is 17.1 Å². The number of benzene rings is 1. The van der Waals surface area contributed by atoms with E-state index in [9.17, 15) is 4.79 Å². The van der Waals surface area contributed by atoms with Crippen LogP contribution in [0.1, 0.15) is 34.7 Å². The summed E-state index contributed by atoms with van der Waals surface area (Å²) in [6, 6.07) is 14.0. The molecule has 0 radical (unpaired) electrons. The van der Waals surface area contributed by atoms with Gasteiger partial charge in [0.1, 0.15) is 11.5 Å². The third-order valence-corrected chi connectivity index (χ3v) is 5.59. The molecule has 27 heavy (non-hydrogen) atoms. The number of piperidine rings is 1. The van der Waals surface area contributed by atoms with Gasteiger partial charge in [0.25, 0.3) is 5.91 Å². The zero-order chi connectivity index (χ0) is 18.6. The Morgan fingerprint density at radius 3 is 2.70 bits per heavy atom. The van der Waals surface area contributed by atoms with Crippen LogP contribution in [0.5, 0.6) is 0 Å². The van der Waals surface area contributed by atoms with Crippen molar-refractivity contribution in [2.75, 3.05) is 13.1 Å². The summed E-state index contributed by atoms with van der Waals surface area (Å²) in [6.07, 6.45) is 1.91. The second-order valence-corrected chi connectivity index (χ2v) is 7.59. The van der Waals surface area contributed by atoms with Gasteiger partial charge in [-0.2, -0.15) is 0 Å². The molecule has 1 aromatic carbocycles. The first-order chi connectivity index (χ1) is 13.2. The monoisotopic (exact) mass is 382 g/mol. The number of hydrogen-bond donors (Lipinski definition) is 0. The third-order valence-electron chi connectivity index (χ3n) is 4.73. The van der Waals surface area contributed by atoms with Crippen molar-refractivity contribution in [2.45, 2.75) is 32.5 Å². The quantitative estimate of drug-likeness (QED) is 0.650. The van der Waals surface area contributed by atoms with Crippen molar-refractivity contribution in [3.8, 4) is 10.8 Å². The molecule has 0 atom stereocenters. The van der Waals surface area contributed by atoms with Crippen LogP contribution in [0, 0.1) is 6.92 Å². The molecule has 0 N–H and O–H groups in total. The number of furan rings is 1. The summed E-state index contributed by atoms with van der Waals surface area (Å²) in [6.45, 7) is 3.92. The number of thiazole rings is 1. The Morgan fingerprint density at radius 1 is 1.22 bits per heavy atom. The van der Waals surface area contributed by atoms with Crippen molar-refractivity contribution < 1.29 is 13.9 Å². The molecule has 0 saturated carbocycles. The Morgan fingerprint density at radius 2 is 2.00 bits per heavy atom. The van der Waals surface area contributed by atoms with Crippen molar-refractivity contribution in [3.63, 3.8) is 0 Å². The van der Waals surface area contributed by atoms with Gasteiger partial charge in [-0.1, -0.05) is 30.3 Å². The van der Waals surface area contributed by atoms with Crippen LogP contribution in [0.3, 0.4) is 0 Å². The maximum Gasteiger partial charge on any atom is 0.273 e. The highest BCUT2D eigenvalue weighted by atomic mass is 32.1. The van der Waals surface area contributed by atoms with Gasteiger partial charge in [0.05, 0.1) is 12.7 Å². The molecule has 1 amide bonds. The Kier molecular flexibility index (Phi) is 5.36. The Bertz CT molecular complexity index is 895. The molecular weight excluding hydrogens is 360 g/mol. The van der Waals surface area contributed by atoms with Gasteiger partial charge in [-0.15, -0.1) is 11.3 Å². The zero-order valence-corrected chi connectivity index (χ0v) is 16.1. The van der Waals surface area contributed by atoms with E-state index in [1.165, 1.54) is 16.9 Å². The minimum atomic E-state index is -0.0118. The van der Waals surface area contributed by atoms with Gasteiger partial charge >= 0.3 is 0 Å². The number of amides is 1. The van der Waals surface area contributed by atoms with Gasteiger partial charge < -0.3 is 14.1 Å². The van der Waals surface area contributed by atoms with Crippen molar-refractivity contribution in [1.29, 1.82) is 0 Å². The van der Waals surface area contributed by atoms with Gasteiger partial charge in [0.15, 0.2) is 10.8 Å². The van der Waals surface area contributed by atoms with Crippen LogP contribution in [0.25, 0.3) is 10.8 Å². The Balaban J connectivity index is 1.30. The molecule has 2 aromatic heterocycles. The van der Waals surface area contributed by atoms with E-state index in [0.717, 1.165) is 23.6 Å². The highest BCUT2D eigenvalue weighted by Crippen LogP contribution is 2.26. The predicted octanol–water partition coefficient (Wildman–Crippen LogP) is 4.53. The minimum absolute atomic E-state index is 0.0118. The van der Waals surface area contributed by atoms with E-state index >= 15 is 0 Å². The SMILES string of the molecule is Cc1ccc(-c2nc(C(=O)N3CCC(OCc4ccccc4)CC3)cs2)o1. The van der Waals surface area contributed by atoms with Gasteiger partial charge in [0, 0.05) is 18.5 Å². The molecule has 1 aliphatic heterocycles. The van der Waals surface area contributed by atoms with Gasteiger partial charge in [-0.25, -0.2) is 4.98 Å². The van der Waals surface area contributed by atoms with Gasteiger partial charge in [0.2, 0.25) is 0 Å². The molecule has 1 saturated heterocycles. The fourth-order valence-electron chi connectivity index (χ4n) is 3.21. The molecule has 3 aromatic rings. The number of aromatic nitrogens is 1. The topological polar surface area (TPSA) is 55.6 Å². The molecule has 4 rings (SSSR count). The summed E-state index contributed by atoms with van der Waals surface area (Å²) in [5.74, 6) is 1.54. The molecular formula is C21H22N2O3S. The van der Waals surface area contributed by atoms with Crippen molar-refractivity contribution in [3.05, 3.63) is 64.9 Å². The summed E-state index contributed by atoms with van der Waals surface area (Å²) in [5.41, 5.74) is 1.67. The maximum absolute atomic E-state index is 12.7. The van der Waals surface area contributed by atoms with Crippen molar-refractivity contribution in [1.82, 2.24) is 9.88 Å². The molecule has 0 aliphatic carbocycles. The standard InChI is InChI=1S/C21H22N2O3S/c1-15-7-8-19(26-15)20-22-18(14-27-20)21(24)23-11-9-17(10-12-23)25-13-16-5-3-2-4-6-16/h2-8,14,17H,9-13H2,1H3. The lowest BCUT2D eigenvalue weighted by atomic mass is 10.1. The first-order valence-corrected chi connectivity index (χ1v) is 10.0. The molecule has 3 heterocycles. The van der Waals surface area contributed by atoms with E-state index in [0.29, 0.717) is 31.2 Å². The number of nitrogens with zero attached hydrogens (tertiary/aromatic N) is 2. The average Bonchev–Trinajstić information content (AvgIpc) is 3.36. The highest BCUT2D eigenvalue weighted by Gasteiger charge is 2.26. The summed E-state index contributed by atoms with van der Waals surface area (Å²) in [5, 5.41) is 2.56. The first kappa shape index (κ1) is 17.9. The van der Waals surface area contributed by atoms with E-state index in [1.807, 2.05) is 47.5 Å². The van der Waals surface area contributed by atoms with Crippen LogP contribution in [0.15, 0.2) is 52.3 Å².